The summed E-state index contributed by atoms with van der Waals surface area (Å²) in [5.41, 5.74) is 5.17. The van der Waals surface area contributed by atoms with Gasteiger partial charge in [-0.05, 0) is 60.1 Å². The molecule has 0 saturated heterocycles. The van der Waals surface area contributed by atoms with E-state index in [2.05, 4.69) is 31.3 Å². The van der Waals surface area contributed by atoms with Gasteiger partial charge >= 0.3 is 12.1 Å². The van der Waals surface area contributed by atoms with Crippen LogP contribution >= 0.6 is 0 Å². The molecule has 0 saturated carbocycles. The van der Waals surface area contributed by atoms with Crippen molar-refractivity contribution in [1.82, 2.24) is 4.57 Å². The molecule has 6 nitrogen and oxygen atoms in total. The highest BCUT2D eigenvalue weighted by atomic mass is 28.2. The summed E-state index contributed by atoms with van der Waals surface area (Å²) in [5.74, 6) is -0.488. The molecule has 7 heteroatoms. The lowest BCUT2D eigenvalue weighted by Crippen LogP contribution is -2.28. The number of aromatic nitrogens is 1. The van der Waals surface area contributed by atoms with Crippen LogP contribution in [-0.2, 0) is 32.5 Å². The van der Waals surface area contributed by atoms with Crippen molar-refractivity contribution in [1.29, 1.82) is 0 Å². The lowest BCUT2D eigenvalue weighted by Gasteiger charge is -2.23. The van der Waals surface area contributed by atoms with Crippen LogP contribution in [0.15, 0.2) is 97.1 Å². The summed E-state index contributed by atoms with van der Waals surface area (Å²) in [4.78, 5) is 28.6. The van der Waals surface area contributed by atoms with E-state index in [1.54, 1.807) is 4.57 Å². The van der Waals surface area contributed by atoms with Crippen LogP contribution in [0.25, 0.3) is 33.2 Å². The molecule has 229 valence electrons. The van der Waals surface area contributed by atoms with Crippen molar-refractivity contribution in [2.75, 3.05) is 0 Å². The van der Waals surface area contributed by atoms with Gasteiger partial charge in [-0.2, -0.15) is 0 Å². The van der Waals surface area contributed by atoms with Crippen molar-refractivity contribution < 1.29 is 23.5 Å². The molecule has 0 amide bonds. The fraction of sp³-hybridized carbons (Fsp3) is 0.263. The van der Waals surface area contributed by atoms with E-state index in [-0.39, 0.29) is 13.2 Å². The fourth-order valence-electron chi connectivity index (χ4n) is 5.78. The number of rotatable bonds is 7. The van der Waals surface area contributed by atoms with Crippen LogP contribution in [0.3, 0.4) is 0 Å². The lowest BCUT2D eigenvalue weighted by molar-refractivity contribution is 0.0473. The van der Waals surface area contributed by atoms with Crippen molar-refractivity contribution in [3.05, 3.63) is 119 Å². The van der Waals surface area contributed by atoms with Gasteiger partial charge in [-0.3, -0.25) is 0 Å². The van der Waals surface area contributed by atoms with Crippen LogP contribution in [-0.4, -0.2) is 32.7 Å². The third-order valence-electron chi connectivity index (χ3n) is 7.46. The first kappa shape index (κ1) is 31.9. The Balaban J connectivity index is 1.96. The van der Waals surface area contributed by atoms with Gasteiger partial charge in [-0.25, -0.2) is 14.2 Å². The quantitative estimate of drug-likeness (QED) is 0.135. The average Bonchev–Trinajstić information content (AvgIpc) is 3.34. The van der Waals surface area contributed by atoms with Gasteiger partial charge in [0.05, 0.1) is 23.4 Å². The van der Waals surface area contributed by atoms with Crippen molar-refractivity contribution >= 4 is 33.5 Å². The molecule has 0 N–H and O–H groups in total. The molecule has 0 bridgehead atoms. The molecule has 0 unspecified atom stereocenters. The summed E-state index contributed by atoms with van der Waals surface area (Å²) in [5, 5.41) is 0.628. The molecule has 0 fully saturated rings. The predicted octanol–water partition coefficient (Wildman–Crippen LogP) is 9.01. The van der Waals surface area contributed by atoms with Crippen molar-refractivity contribution in [2.45, 2.75) is 65.8 Å². The fourth-order valence-corrected chi connectivity index (χ4v) is 5.91. The summed E-state index contributed by atoms with van der Waals surface area (Å²) in [6.45, 7) is 11.8. The van der Waals surface area contributed by atoms with E-state index in [0.717, 1.165) is 33.4 Å². The molecule has 0 aliphatic heterocycles. The van der Waals surface area contributed by atoms with Crippen molar-refractivity contribution in [3.63, 3.8) is 0 Å². The maximum absolute atomic E-state index is 14.6. The summed E-state index contributed by atoms with van der Waals surface area (Å²) < 4.78 is 19.1. The van der Waals surface area contributed by atoms with Gasteiger partial charge in [0.25, 0.3) is 0 Å². The number of carbonyl (C=O) groups is 2. The van der Waals surface area contributed by atoms with Gasteiger partial charge in [0.15, 0.2) is 0 Å². The molecule has 5 rings (SSSR count). The number of benzene rings is 4. The highest BCUT2D eigenvalue weighted by Gasteiger charge is 2.36. The SMILES string of the molecule is CC(C)(C)OC(=O)n1c(CO[Si])c(C(C)(C)C)c2c(C(=O)OCc3ccccc3)c(-c3ccccc3)c(-c3ccccc3)cc21. The van der Waals surface area contributed by atoms with E-state index in [1.807, 2.05) is 118 Å². The maximum atomic E-state index is 14.6. The Morgan fingerprint density at radius 3 is 1.84 bits per heavy atom. The topological polar surface area (TPSA) is 66.8 Å². The van der Waals surface area contributed by atoms with Crippen LogP contribution in [0.2, 0.25) is 0 Å². The third kappa shape index (κ3) is 6.80. The Bertz CT molecular complexity index is 1820. The van der Waals surface area contributed by atoms with Crippen LogP contribution in [0.4, 0.5) is 4.79 Å². The summed E-state index contributed by atoms with van der Waals surface area (Å²) in [6, 6.07) is 31.3. The van der Waals surface area contributed by atoms with Crippen LogP contribution in [0.5, 0.6) is 0 Å². The first-order valence-electron chi connectivity index (χ1n) is 15.0. The standard InChI is InChI=1S/C38H38NO5Si/c1-37(2,3)34-30(24-43-45)39(36(41)44-38(4,5)6)29-22-28(26-18-12-8-13-19-26)31(27-20-14-9-15-21-27)33(32(29)34)35(40)42-23-25-16-10-7-11-17-25/h7-22H,23-24H2,1-6H3. The number of ether oxygens (including phenoxy) is 2. The Morgan fingerprint density at radius 2 is 1.31 bits per heavy atom. The normalized spacial score (nSPS) is 11.9. The lowest BCUT2D eigenvalue weighted by atomic mass is 9.80. The molecule has 1 aromatic heterocycles. The summed E-state index contributed by atoms with van der Waals surface area (Å²) in [6.07, 6.45) is -0.559. The average molecular weight is 617 g/mol. The van der Waals surface area contributed by atoms with E-state index in [0.29, 0.717) is 22.2 Å². The highest BCUT2D eigenvalue weighted by molar-refractivity contribution is 6.16. The molecule has 3 radical (unpaired) electrons. The largest absolute Gasteiger partial charge is 0.457 e. The first-order valence-corrected chi connectivity index (χ1v) is 15.4. The zero-order chi connectivity index (χ0) is 32.4. The molecule has 0 aliphatic carbocycles. The molecular weight excluding hydrogens is 579 g/mol. The van der Waals surface area contributed by atoms with Gasteiger partial charge in [0.2, 0.25) is 10.5 Å². The van der Waals surface area contributed by atoms with Gasteiger partial charge in [0, 0.05) is 10.9 Å². The van der Waals surface area contributed by atoms with Gasteiger partial charge in [0.1, 0.15) is 12.2 Å². The van der Waals surface area contributed by atoms with Crippen LogP contribution in [0, 0.1) is 0 Å². The zero-order valence-corrected chi connectivity index (χ0v) is 27.6. The molecule has 45 heavy (non-hydrogen) atoms. The minimum Gasteiger partial charge on any atom is -0.457 e. The maximum Gasteiger partial charge on any atom is 0.419 e. The second-order valence-corrected chi connectivity index (χ2v) is 13.3. The van der Waals surface area contributed by atoms with Crippen LogP contribution in [0.1, 0.15) is 68.7 Å². The number of nitrogens with zero attached hydrogens (tertiary/aromatic N) is 1. The number of esters is 1. The van der Waals surface area contributed by atoms with Crippen molar-refractivity contribution in [2.24, 2.45) is 0 Å². The van der Waals surface area contributed by atoms with Crippen LogP contribution < -0.4 is 0 Å². The van der Waals surface area contributed by atoms with E-state index in [1.165, 1.54) is 0 Å². The number of hydrogen-bond acceptors (Lipinski definition) is 5. The predicted molar refractivity (Wildman–Crippen MR) is 179 cm³/mol. The smallest absolute Gasteiger partial charge is 0.419 e. The molecule has 4 aromatic carbocycles. The molecule has 0 aliphatic rings. The highest BCUT2D eigenvalue weighted by Crippen LogP contribution is 2.46. The third-order valence-corrected chi connectivity index (χ3v) is 7.60. The Hall–Kier alpha value is -4.46. The van der Waals surface area contributed by atoms with Crippen molar-refractivity contribution in [3.8, 4) is 22.3 Å². The summed E-state index contributed by atoms with van der Waals surface area (Å²) >= 11 is 0. The molecule has 1 heterocycles. The minimum absolute atomic E-state index is 0.0528. The Labute approximate surface area is 268 Å². The van der Waals surface area contributed by atoms with Gasteiger partial charge in [-0.15, -0.1) is 0 Å². The molecular formula is C38H38NO5Si. The van der Waals surface area contributed by atoms with Gasteiger partial charge in [-0.1, -0.05) is 112 Å². The first-order chi connectivity index (χ1) is 21.4. The number of carbonyl (C=O) groups excluding carboxylic acids is 2. The molecule has 5 aromatic rings. The second kappa shape index (κ2) is 12.9. The molecule has 0 spiro atoms. The zero-order valence-electron chi connectivity index (χ0n) is 26.6. The second-order valence-electron chi connectivity index (χ2n) is 13.0. The van der Waals surface area contributed by atoms with Gasteiger partial charge < -0.3 is 13.9 Å². The molecule has 0 atom stereocenters. The van der Waals surface area contributed by atoms with E-state index < -0.39 is 23.1 Å². The minimum atomic E-state index is -0.759. The Morgan fingerprint density at radius 1 is 0.756 bits per heavy atom. The van der Waals surface area contributed by atoms with E-state index in [9.17, 15) is 9.59 Å². The monoisotopic (exact) mass is 616 g/mol. The summed E-state index contributed by atoms with van der Waals surface area (Å²) in [7, 11) is 3.19. The Kier molecular flexibility index (Phi) is 9.14. The number of hydrogen-bond donors (Lipinski definition) is 0. The number of fused-ring (bicyclic) bond motifs is 1. The van der Waals surface area contributed by atoms with E-state index in [4.69, 9.17) is 13.9 Å². The van der Waals surface area contributed by atoms with E-state index >= 15 is 0 Å².